The zero-order valence-electron chi connectivity index (χ0n) is 30.5. The first-order valence-electron chi connectivity index (χ1n) is 18.6. The number of fused-ring (bicyclic) bond motifs is 3. The van der Waals surface area contributed by atoms with E-state index in [1.54, 1.807) is 0 Å². The molecule has 1 heterocycles. The third-order valence-corrected chi connectivity index (χ3v) is 10.7. The topological polar surface area (TPSA) is 11.4 Å². The highest BCUT2D eigenvalue weighted by atomic mass is 15.1. The van der Waals surface area contributed by atoms with E-state index in [1.165, 1.54) is 32.9 Å². The highest BCUT2D eigenvalue weighted by Crippen LogP contribution is 2.42. The first kappa shape index (κ1) is 33.0. The molecule has 3 heteroatoms. The standard InChI is InChI=1S/C51H41N3/c1-51(2,38-27-31-44(32-28-38)52(40-17-7-3-8-18-40)41-19-9-4-10-20-41)39-29-33-45(34-30-39)53(42-21-11-5-12-22-42)46-35-36-48-47-25-15-16-26-49(47)54(50(48)37-46)43-23-13-6-14-24-43/h3-37H,1-2H3. The van der Waals surface area contributed by atoms with Crippen LogP contribution in [0.1, 0.15) is 25.0 Å². The quantitative estimate of drug-likeness (QED) is 0.149. The molecule has 0 bridgehead atoms. The van der Waals surface area contributed by atoms with Gasteiger partial charge < -0.3 is 14.4 Å². The molecule has 0 aliphatic rings. The molecule has 0 amide bonds. The van der Waals surface area contributed by atoms with Crippen molar-refractivity contribution in [1.82, 2.24) is 4.57 Å². The van der Waals surface area contributed by atoms with Crippen molar-refractivity contribution in [2.45, 2.75) is 19.3 Å². The van der Waals surface area contributed by atoms with Gasteiger partial charge in [-0.15, -0.1) is 0 Å². The smallest absolute Gasteiger partial charge is 0.0561 e. The summed E-state index contributed by atoms with van der Waals surface area (Å²) >= 11 is 0. The van der Waals surface area contributed by atoms with Crippen LogP contribution in [0.2, 0.25) is 0 Å². The van der Waals surface area contributed by atoms with E-state index in [9.17, 15) is 0 Å². The van der Waals surface area contributed by atoms with Gasteiger partial charge in [0.2, 0.25) is 0 Å². The average molecular weight is 696 g/mol. The molecule has 54 heavy (non-hydrogen) atoms. The fraction of sp³-hybridized carbons (Fsp3) is 0.0588. The van der Waals surface area contributed by atoms with Crippen LogP contribution in [0.4, 0.5) is 34.1 Å². The molecule has 0 radical (unpaired) electrons. The Hall–Kier alpha value is -6.84. The van der Waals surface area contributed by atoms with E-state index in [0.29, 0.717) is 0 Å². The molecule has 8 aromatic carbocycles. The van der Waals surface area contributed by atoms with Gasteiger partial charge in [-0.3, -0.25) is 0 Å². The minimum atomic E-state index is -0.214. The van der Waals surface area contributed by atoms with Crippen LogP contribution in [0.3, 0.4) is 0 Å². The van der Waals surface area contributed by atoms with E-state index in [0.717, 1.165) is 39.8 Å². The molecule has 0 atom stereocenters. The Kier molecular flexibility index (Phi) is 8.53. The van der Waals surface area contributed by atoms with Crippen LogP contribution in [0.15, 0.2) is 212 Å². The minimum Gasteiger partial charge on any atom is -0.311 e. The maximum atomic E-state index is 2.38. The van der Waals surface area contributed by atoms with Gasteiger partial charge in [-0.25, -0.2) is 0 Å². The van der Waals surface area contributed by atoms with Crippen LogP contribution < -0.4 is 9.80 Å². The van der Waals surface area contributed by atoms with Crippen molar-refractivity contribution < 1.29 is 0 Å². The number of nitrogens with zero attached hydrogens (tertiary/aromatic N) is 3. The number of anilines is 6. The largest absolute Gasteiger partial charge is 0.311 e. The predicted octanol–water partition coefficient (Wildman–Crippen LogP) is 14.0. The Balaban J connectivity index is 1.08. The second-order valence-corrected chi connectivity index (χ2v) is 14.3. The van der Waals surface area contributed by atoms with Gasteiger partial charge in [0.1, 0.15) is 0 Å². The Morgan fingerprint density at radius 1 is 0.333 bits per heavy atom. The monoisotopic (exact) mass is 695 g/mol. The number of aromatic nitrogens is 1. The van der Waals surface area contributed by atoms with Crippen LogP contribution in [0, 0.1) is 0 Å². The summed E-state index contributed by atoms with van der Waals surface area (Å²) in [5.74, 6) is 0. The third kappa shape index (κ3) is 6.00. The second-order valence-electron chi connectivity index (χ2n) is 14.3. The summed E-state index contributed by atoms with van der Waals surface area (Å²) in [5.41, 5.74) is 12.6. The molecule has 260 valence electrons. The lowest BCUT2D eigenvalue weighted by molar-refractivity contribution is 0.641. The molecule has 1 aromatic heterocycles. The third-order valence-electron chi connectivity index (χ3n) is 10.7. The summed E-state index contributed by atoms with van der Waals surface area (Å²) in [6.45, 7) is 4.63. The molecule has 0 spiro atoms. The lowest BCUT2D eigenvalue weighted by Crippen LogP contribution is -2.19. The maximum absolute atomic E-state index is 2.38. The first-order chi connectivity index (χ1) is 26.6. The summed E-state index contributed by atoms with van der Waals surface area (Å²) in [7, 11) is 0. The van der Waals surface area contributed by atoms with Crippen molar-refractivity contribution in [3.8, 4) is 5.69 Å². The maximum Gasteiger partial charge on any atom is 0.0561 e. The number of para-hydroxylation sites is 5. The van der Waals surface area contributed by atoms with Gasteiger partial charge in [0.15, 0.2) is 0 Å². The molecule has 0 saturated heterocycles. The molecule has 0 aliphatic carbocycles. The average Bonchev–Trinajstić information content (AvgIpc) is 3.57. The lowest BCUT2D eigenvalue weighted by atomic mass is 9.78. The molecular formula is C51H41N3. The van der Waals surface area contributed by atoms with Crippen molar-refractivity contribution in [2.24, 2.45) is 0 Å². The Morgan fingerprint density at radius 2 is 0.704 bits per heavy atom. The molecule has 3 nitrogen and oxygen atoms in total. The summed E-state index contributed by atoms with van der Waals surface area (Å²) < 4.78 is 2.38. The van der Waals surface area contributed by atoms with Crippen LogP contribution in [-0.4, -0.2) is 4.57 Å². The molecule has 0 fully saturated rings. The van der Waals surface area contributed by atoms with Crippen LogP contribution in [-0.2, 0) is 5.41 Å². The minimum absolute atomic E-state index is 0.214. The number of benzene rings is 8. The molecule has 9 aromatic rings. The van der Waals surface area contributed by atoms with Crippen molar-refractivity contribution in [1.29, 1.82) is 0 Å². The molecule has 0 saturated carbocycles. The summed E-state index contributed by atoms with van der Waals surface area (Å²) in [6.07, 6.45) is 0. The lowest BCUT2D eigenvalue weighted by Gasteiger charge is -2.30. The van der Waals surface area contributed by atoms with Gasteiger partial charge in [0, 0.05) is 56.0 Å². The van der Waals surface area contributed by atoms with Crippen molar-refractivity contribution >= 4 is 55.9 Å². The van der Waals surface area contributed by atoms with Gasteiger partial charge in [0.05, 0.1) is 11.0 Å². The SMILES string of the molecule is CC(C)(c1ccc(N(c2ccccc2)c2ccccc2)cc1)c1ccc(N(c2ccccc2)c2ccc3c4ccccc4n(-c4ccccc4)c3c2)cc1. The van der Waals surface area contributed by atoms with Crippen LogP contribution in [0.5, 0.6) is 0 Å². The summed E-state index contributed by atoms with van der Waals surface area (Å²) in [6, 6.07) is 76.2. The summed E-state index contributed by atoms with van der Waals surface area (Å²) in [5, 5.41) is 2.49. The fourth-order valence-electron chi connectivity index (χ4n) is 7.80. The second kappa shape index (κ2) is 13.9. The number of hydrogen-bond acceptors (Lipinski definition) is 2. The Bertz CT molecular complexity index is 2610. The highest BCUT2D eigenvalue weighted by Gasteiger charge is 2.25. The van der Waals surface area contributed by atoms with Gasteiger partial charge in [-0.05, 0) is 102 Å². The van der Waals surface area contributed by atoms with Crippen molar-refractivity contribution in [3.05, 3.63) is 223 Å². The van der Waals surface area contributed by atoms with E-state index in [4.69, 9.17) is 0 Å². The highest BCUT2D eigenvalue weighted by molar-refractivity contribution is 6.10. The van der Waals surface area contributed by atoms with E-state index in [-0.39, 0.29) is 5.41 Å². The number of rotatable bonds is 9. The van der Waals surface area contributed by atoms with E-state index < -0.39 is 0 Å². The summed E-state index contributed by atoms with van der Waals surface area (Å²) in [4.78, 5) is 4.67. The Labute approximate surface area is 317 Å². The van der Waals surface area contributed by atoms with Gasteiger partial charge in [-0.1, -0.05) is 135 Å². The Morgan fingerprint density at radius 3 is 1.20 bits per heavy atom. The zero-order valence-corrected chi connectivity index (χ0v) is 30.5. The predicted molar refractivity (Wildman–Crippen MR) is 229 cm³/mol. The zero-order chi connectivity index (χ0) is 36.5. The molecule has 0 N–H and O–H groups in total. The van der Waals surface area contributed by atoms with Crippen LogP contribution >= 0.6 is 0 Å². The fourth-order valence-corrected chi connectivity index (χ4v) is 7.80. The van der Waals surface area contributed by atoms with E-state index in [2.05, 4.69) is 241 Å². The van der Waals surface area contributed by atoms with E-state index >= 15 is 0 Å². The first-order valence-corrected chi connectivity index (χ1v) is 18.6. The van der Waals surface area contributed by atoms with Crippen molar-refractivity contribution in [2.75, 3.05) is 9.80 Å². The van der Waals surface area contributed by atoms with Gasteiger partial charge in [-0.2, -0.15) is 0 Å². The van der Waals surface area contributed by atoms with Crippen molar-refractivity contribution in [3.63, 3.8) is 0 Å². The van der Waals surface area contributed by atoms with Gasteiger partial charge in [0.25, 0.3) is 0 Å². The molecule has 0 unspecified atom stereocenters. The normalized spacial score (nSPS) is 11.5. The van der Waals surface area contributed by atoms with Gasteiger partial charge >= 0.3 is 0 Å². The van der Waals surface area contributed by atoms with Crippen LogP contribution in [0.25, 0.3) is 27.5 Å². The van der Waals surface area contributed by atoms with E-state index in [1.807, 2.05) is 0 Å². The molecule has 9 rings (SSSR count). The molecule has 0 aliphatic heterocycles. The molecular weight excluding hydrogens is 655 g/mol. The number of hydrogen-bond donors (Lipinski definition) is 0.